The lowest BCUT2D eigenvalue weighted by atomic mass is 9.82. The van der Waals surface area contributed by atoms with Gasteiger partial charge in [-0.25, -0.2) is 0 Å². The molecule has 1 heterocycles. The highest BCUT2D eigenvalue weighted by Crippen LogP contribution is 2.30. The molecule has 3 unspecified atom stereocenters. The molecule has 2 rings (SSSR count). The summed E-state index contributed by atoms with van der Waals surface area (Å²) in [5, 5.41) is 3.38. The van der Waals surface area contributed by atoms with Crippen molar-refractivity contribution in [2.24, 2.45) is 5.92 Å². The number of thioether (sulfide) groups is 1. The van der Waals surface area contributed by atoms with Gasteiger partial charge in [-0.15, -0.1) is 0 Å². The summed E-state index contributed by atoms with van der Waals surface area (Å²) in [5.41, 5.74) is 0. The molecule has 5 heteroatoms. The summed E-state index contributed by atoms with van der Waals surface area (Å²) in [5.74, 6) is 0.523. The van der Waals surface area contributed by atoms with Gasteiger partial charge in [0.05, 0.1) is 0 Å². The zero-order valence-corrected chi connectivity index (χ0v) is 14.2. The highest BCUT2D eigenvalue weighted by molar-refractivity contribution is 7.99. The molecule has 0 radical (unpaired) electrons. The van der Waals surface area contributed by atoms with Crippen LogP contribution in [-0.4, -0.2) is 46.8 Å². The number of amides is 2. The average molecular weight is 312 g/mol. The number of nitrogens with one attached hydrogen (secondary N) is 1. The van der Waals surface area contributed by atoms with Crippen molar-refractivity contribution in [2.75, 3.05) is 12.8 Å². The van der Waals surface area contributed by atoms with Crippen LogP contribution in [0.2, 0.25) is 0 Å². The van der Waals surface area contributed by atoms with Crippen molar-refractivity contribution in [3.8, 4) is 0 Å². The van der Waals surface area contributed by atoms with E-state index in [4.69, 9.17) is 0 Å². The first-order valence-electron chi connectivity index (χ1n) is 8.22. The maximum atomic E-state index is 12.9. The van der Waals surface area contributed by atoms with Crippen molar-refractivity contribution in [3.63, 3.8) is 0 Å². The smallest absolute Gasteiger partial charge is 0.246 e. The van der Waals surface area contributed by atoms with Gasteiger partial charge in [-0.1, -0.05) is 33.1 Å². The Morgan fingerprint density at radius 3 is 2.52 bits per heavy atom. The van der Waals surface area contributed by atoms with Crippen LogP contribution in [-0.2, 0) is 9.59 Å². The molecule has 1 N–H and O–H groups in total. The third kappa shape index (κ3) is 3.74. The van der Waals surface area contributed by atoms with Gasteiger partial charge >= 0.3 is 0 Å². The van der Waals surface area contributed by atoms with E-state index in [-0.39, 0.29) is 23.9 Å². The highest BCUT2D eigenvalue weighted by atomic mass is 32.2. The number of carbonyl (C=O) groups excluding carboxylic acids is 2. The summed E-state index contributed by atoms with van der Waals surface area (Å²) in [7, 11) is 0. The third-order valence-electron chi connectivity index (χ3n) is 4.89. The summed E-state index contributed by atoms with van der Waals surface area (Å²) in [4.78, 5) is 27.1. The van der Waals surface area contributed by atoms with Gasteiger partial charge in [0.25, 0.3) is 0 Å². The molecule has 2 fully saturated rings. The topological polar surface area (TPSA) is 49.4 Å². The minimum absolute atomic E-state index is 0.0426. The van der Waals surface area contributed by atoms with E-state index in [1.54, 1.807) is 11.8 Å². The molecule has 3 atom stereocenters. The van der Waals surface area contributed by atoms with E-state index in [2.05, 4.69) is 18.5 Å². The lowest BCUT2D eigenvalue weighted by Gasteiger charge is -2.42. The van der Waals surface area contributed by atoms with Gasteiger partial charge in [-0.2, -0.15) is 11.8 Å². The van der Waals surface area contributed by atoms with E-state index in [0.717, 1.165) is 12.8 Å². The van der Waals surface area contributed by atoms with Gasteiger partial charge in [-0.05, 0) is 31.4 Å². The van der Waals surface area contributed by atoms with Crippen molar-refractivity contribution in [1.82, 2.24) is 10.2 Å². The minimum atomic E-state index is -0.285. The Morgan fingerprint density at radius 2 is 1.95 bits per heavy atom. The molecule has 1 saturated heterocycles. The predicted molar refractivity (Wildman–Crippen MR) is 87.3 cm³/mol. The molecule has 0 aromatic heterocycles. The van der Waals surface area contributed by atoms with Gasteiger partial charge in [0.2, 0.25) is 11.8 Å². The SMILES string of the molecule is CCC1C(=O)NC(C2CCCCC2)C(=O)N1CC(C)SC. The highest BCUT2D eigenvalue weighted by Gasteiger charge is 2.43. The first kappa shape index (κ1) is 16.7. The molecule has 21 heavy (non-hydrogen) atoms. The molecular formula is C16H28N2O2S. The zero-order chi connectivity index (χ0) is 15.4. The molecule has 2 aliphatic rings. The molecule has 4 nitrogen and oxygen atoms in total. The Balaban J connectivity index is 2.14. The number of hydrogen-bond donors (Lipinski definition) is 1. The number of piperazine rings is 1. The number of nitrogens with zero attached hydrogens (tertiary/aromatic N) is 1. The van der Waals surface area contributed by atoms with Crippen LogP contribution < -0.4 is 5.32 Å². The molecular weight excluding hydrogens is 284 g/mol. The second-order valence-electron chi connectivity index (χ2n) is 6.35. The van der Waals surface area contributed by atoms with E-state index in [1.807, 2.05) is 11.8 Å². The summed E-state index contributed by atoms with van der Waals surface area (Å²) in [6, 6.07) is -0.568. The monoisotopic (exact) mass is 312 g/mol. The molecule has 1 aliphatic heterocycles. The van der Waals surface area contributed by atoms with E-state index in [9.17, 15) is 9.59 Å². The normalized spacial score (nSPS) is 29.4. The quantitative estimate of drug-likeness (QED) is 0.848. The molecule has 2 amide bonds. The van der Waals surface area contributed by atoms with E-state index in [0.29, 0.717) is 24.1 Å². The van der Waals surface area contributed by atoms with Crippen LogP contribution in [0.3, 0.4) is 0 Å². The fourth-order valence-electron chi connectivity index (χ4n) is 3.55. The fourth-order valence-corrected chi connectivity index (χ4v) is 3.86. The summed E-state index contributed by atoms with van der Waals surface area (Å²) < 4.78 is 0. The Bertz CT molecular complexity index is 382. The Hall–Kier alpha value is -0.710. The number of hydrogen-bond acceptors (Lipinski definition) is 3. The van der Waals surface area contributed by atoms with E-state index < -0.39 is 0 Å². The van der Waals surface area contributed by atoms with Crippen LogP contribution in [0.25, 0.3) is 0 Å². The second-order valence-corrected chi connectivity index (χ2v) is 7.62. The summed E-state index contributed by atoms with van der Waals surface area (Å²) in [6.07, 6.45) is 8.51. The molecule has 1 aliphatic carbocycles. The van der Waals surface area contributed by atoms with Crippen LogP contribution in [0.15, 0.2) is 0 Å². The van der Waals surface area contributed by atoms with Crippen molar-refractivity contribution >= 4 is 23.6 Å². The molecule has 120 valence electrons. The summed E-state index contributed by atoms with van der Waals surface area (Å²) in [6.45, 7) is 4.77. The largest absolute Gasteiger partial charge is 0.342 e. The van der Waals surface area contributed by atoms with Gasteiger partial charge < -0.3 is 10.2 Å². The first-order chi connectivity index (χ1) is 10.1. The van der Waals surface area contributed by atoms with Gasteiger partial charge in [0, 0.05) is 11.8 Å². The average Bonchev–Trinajstić information content (AvgIpc) is 2.51. The fraction of sp³-hybridized carbons (Fsp3) is 0.875. The predicted octanol–water partition coefficient (Wildman–Crippen LogP) is 2.42. The van der Waals surface area contributed by atoms with Crippen molar-refractivity contribution in [3.05, 3.63) is 0 Å². The van der Waals surface area contributed by atoms with Gasteiger partial charge in [0.15, 0.2) is 0 Å². The van der Waals surface area contributed by atoms with Crippen molar-refractivity contribution in [1.29, 1.82) is 0 Å². The molecule has 1 saturated carbocycles. The van der Waals surface area contributed by atoms with Gasteiger partial charge in [-0.3, -0.25) is 9.59 Å². The molecule has 0 aromatic rings. The maximum Gasteiger partial charge on any atom is 0.246 e. The minimum Gasteiger partial charge on any atom is -0.342 e. The van der Waals surface area contributed by atoms with Crippen LogP contribution in [0.4, 0.5) is 0 Å². The van der Waals surface area contributed by atoms with Gasteiger partial charge in [0.1, 0.15) is 12.1 Å². The summed E-state index contributed by atoms with van der Waals surface area (Å²) >= 11 is 1.75. The number of carbonyl (C=O) groups is 2. The Labute approximate surface area is 132 Å². The maximum absolute atomic E-state index is 12.9. The van der Waals surface area contributed by atoms with Crippen LogP contribution in [0, 0.1) is 5.92 Å². The van der Waals surface area contributed by atoms with Crippen LogP contribution in [0.5, 0.6) is 0 Å². The molecule has 0 bridgehead atoms. The lowest BCUT2D eigenvalue weighted by molar-refractivity contribution is -0.151. The lowest BCUT2D eigenvalue weighted by Crippen LogP contribution is -2.65. The van der Waals surface area contributed by atoms with Crippen LogP contribution >= 0.6 is 11.8 Å². The van der Waals surface area contributed by atoms with Crippen molar-refractivity contribution in [2.45, 2.75) is 69.7 Å². The first-order valence-corrected chi connectivity index (χ1v) is 9.50. The second kappa shape index (κ2) is 7.52. The molecule has 0 aromatic carbocycles. The van der Waals surface area contributed by atoms with E-state index >= 15 is 0 Å². The standard InChI is InChI=1S/C16H28N2O2S/c1-4-13-15(19)17-14(12-8-6-5-7-9-12)16(20)18(13)10-11(2)21-3/h11-14H,4-10H2,1-3H3,(H,17,19). The Kier molecular flexibility index (Phi) is 5.97. The Morgan fingerprint density at radius 1 is 1.29 bits per heavy atom. The van der Waals surface area contributed by atoms with Crippen molar-refractivity contribution < 1.29 is 9.59 Å². The molecule has 0 spiro atoms. The van der Waals surface area contributed by atoms with Crippen LogP contribution in [0.1, 0.15) is 52.4 Å². The zero-order valence-electron chi connectivity index (χ0n) is 13.4. The third-order valence-corrected chi connectivity index (χ3v) is 5.84. The number of rotatable bonds is 5. The van der Waals surface area contributed by atoms with E-state index in [1.165, 1.54) is 19.3 Å².